The fourth-order valence-electron chi connectivity index (χ4n) is 6.07. The lowest BCUT2D eigenvalue weighted by Crippen LogP contribution is -2.24. The van der Waals surface area contributed by atoms with Crippen molar-refractivity contribution in [1.82, 2.24) is 30.1 Å². The van der Waals surface area contributed by atoms with Gasteiger partial charge in [-0.3, -0.25) is 19.9 Å². The fourth-order valence-corrected chi connectivity index (χ4v) is 6.70. The third kappa shape index (κ3) is 5.74. The summed E-state index contributed by atoms with van der Waals surface area (Å²) in [5.74, 6) is -0.102. The molecule has 7 rings (SSSR count). The molecule has 2 aromatic carbocycles. The number of H-pyrrole nitrogens is 2. The largest absolute Gasteiger partial charge is 0.336 e. The SMILES string of the molecule is CS(=O)(=O)C(N)c1cc(F)cc(-c2nccc3[nH]c(-c4n[nH]c5ccc(-c6cncc(NC(=O)C7CCCCC7)c6)cc45)nc23)c1. The minimum absolute atomic E-state index is 0.0369. The van der Waals surface area contributed by atoms with Gasteiger partial charge in [0.1, 0.15) is 22.4 Å². The molecule has 0 radical (unpaired) electrons. The van der Waals surface area contributed by atoms with Crippen molar-refractivity contribution >= 4 is 43.4 Å². The summed E-state index contributed by atoms with van der Waals surface area (Å²) >= 11 is 0. The molecule has 46 heavy (non-hydrogen) atoms. The Morgan fingerprint density at radius 1 is 0.978 bits per heavy atom. The summed E-state index contributed by atoms with van der Waals surface area (Å²) in [5, 5.41) is 10.0. The molecule has 0 saturated heterocycles. The Morgan fingerprint density at radius 3 is 2.61 bits per heavy atom. The summed E-state index contributed by atoms with van der Waals surface area (Å²) in [6.07, 6.45) is 11.1. The van der Waals surface area contributed by atoms with Crippen molar-refractivity contribution in [3.63, 3.8) is 0 Å². The van der Waals surface area contributed by atoms with Crippen LogP contribution in [0.25, 0.3) is 55.8 Å². The van der Waals surface area contributed by atoms with E-state index < -0.39 is 21.0 Å². The van der Waals surface area contributed by atoms with E-state index in [1.165, 1.54) is 18.6 Å². The van der Waals surface area contributed by atoms with Crippen molar-refractivity contribution < 1.29 is 17.6 Å². The van der Waals surface area contributed by atoms with E-state index in [0.29, 0.717) is 39.5 Å². The number of aromatic amines is 2. The Hall–Kier alpha value is -5.01. The van der Waals surface area contributed by atoms with Crippen LogP contribution < -0.4 is 11.1 Å². The molecule has 11 nitrogen and oxygen atoms in total. The smallest absolute Gasteiger partial charge is 0.227 e. The topological polar surface area (TPSA) is 172 Å². The van der Waals surface area contributed by atoms with Gasteiger partial charge in [0.05, 0.1) is 28.6 Å². The highest BCUT2D eigenvalue weighted by molar-refractivity contribution is 7.90. The van der Waals surface area contributed by atoms with Crippen LogP contribution in [0.4, 0.5) is 10.1 Å². The van der Waals surface area contributed by atoms with Gasteiger partial charge >= 0.3 is 0 Å². The number of carbonyl (C=O) groups excluding carboxylic acids is 1. The molecule has 4 aromatic heterocycles. The van der Waals surface area contributed by atoms with E-state index in [9.17, 15) is 17.6 Å². The first-order chi connectivity index (χ1) is 22.1. The molecule has 1 atom stereocenters. The highest BCUT2D eigenvalue weighted by atomic mass is 32.2. The number of nitrogens with two attached hydrogens (primary N) is 1. The highest BCUT2D eigenvalue weighted by Gasteiger charge is 2.23. The Balaban J connectivity index is 1.23. The molecule has 1 aliphatic carbocycles. The summed E-state index contributed by atoms with van der Waals surface area (Å²) in [6.45, 7) is 0. The Morgan fingerprint density at radius 2 is 1.80 bits per heavy atom. The Bertz CT molecular complexity index is 2220. The number of nitrogens with zero attached hydrogens (tertiary/aromatic N) is 4. The number of aromatic nitrogens is 6. The number of sulfone groups is 1. The Labute approximate surface area is 263 Å². The van der Waals surface area contributed by atoms with Gasteiger partial charge in [-0.15, -0.1) is 0 Å². The zero-order valence-corrected chi connectivity index (χ0v) is 25.7. The van der Waals surface area contributed by atoms with Crippen LogP contribution in [0.2, 0.25) is 0 Å². The second-order valence-electron chi connectivity index (χ2n) is 11.8. The second kappa shape index (κ2) is 11.7. The fraction of sp³-hybridized carbons (Fsp3) is 0.242. The molecule has 0 aliphatic heterocycles. The minimum atomic E-state index is -3.66. The van der Waals surface area contributed by atoms with Crippen LogP contribution in [-0.4, -0.2) is 50.7 Å². The summed E-state index contributed by atoms with van der Waals surface area (Å²) in [7, 11) is -3.66. The van der Waals surface area contributed by atoms with Gasteiger partial charge in [0.2, 0.25) is 5.91 Å². The van der Waals surface area contributed by atoms with Crippen molar-refractivity contribution in [2.45, 2.75) is 37.5 Å². The standard InChI is InChI=1S/C33H31FN8O3S/c1-46(44,45)31(35)21-11-20(12-23(34)13-21)28-30-27(9-10-37-28)39-32(40-30)29-25-15-19(7-8-26(25)41-42-29)22-14-24(17-36-16-22)38-33(43)18-5-3-2-4-6-18/h7-18,31H,2-6,35H2,1H3,(H,38,43)(H,39,40)(H,41,42). The van der Waals surface area contributed by atoms with Crippen molar-refractivity contribution in [2.75, 3.05) is 11.6 Å². The van der Waals surface area contributed by atoms with Gasteiger partial charge in [-0.05, 0) is 66.4 Å². The second-order valence-corrected chi connectivity index (χ2v) is 14.0. The summed E-state index contributed by atoms with van der Waals surface area (Å²) in [4.78, 5) is 29.7. The lowest BCUT2D eigenvalue weighted by atomic mass is 9.88. The molecule has 13 heteroatoms. The number of amides is 1. The van der Waals surface area contributed by atoms with Gasteiger partial charge in [0, 0.05) is 41.1 Å². The van der Waals surface area contributed by atoms with Crippen molar-refractivity contribution in [3.8, 4) is 33.9 Å². The molecule has 5 N–H and O–H groups in total. The number of imidazole rings is 1. The maximum Gasteiger partial charge on any atom is 0.227 e. The number of hydrogen-bond donors (Lipinski definition) is 4. The monoisotopic (exact) mass is 638 g/mol. The van der Waals surface area contributed by atoms with Gasteiger partial charge in [-0.1, -0.05) is 25.3 Å². The number of rotatable bonds is 7. The van der Waals surface area contributed by atoms with Crippen LogP contribution in [0.3, 0.4) is 0 Å². The zero-order valence-electron chi connectivity index (χ0n) is 24.9. The van der Waals surface area contributed by atoms with Gasteiger partial charge in [0.15, 0.2) is 15.7 Å². The summed E-state index contributed by atoms with van der Waals surface area (Å²) < 4.78 is 38.8. The summed E-state index contributed by atoms with van der Waals surface area (Å²) in [5.41, 5.74) is 11.5. The number of pyridine rings is 2. The number of nitrogens with one attached hydrogen (secondary N) is 3. The van der Waals surface area contributed by atoms with Crippen LogP contribution >= 0.6 is 0 Å². The quantitative estimate of drug-likeness (QED) is 0.168. The van der Waals surface area contributed by atoms with Gasteiger partial charge < -0.3 is 16.0 Å². The van der Waals surface area contributed by atoms with Crippen LogP contribution in [0.5, 0.6) is 0 Å². The lowest BCUT2D eigenvalue weighted by Gasteiger charge is -2.20. The lowest BCUT2D eigenvalue weighted by molar-refractivity contribution is -0.120. The van der Waals surface area contributed by atoms with E-state index >= 15 is 0 Å². The zero-order chi connectivity index (χ0) is 32.0. The number of benzene rings is 2. The predicted octanol–water partition coefficient (Wildman–Crippen LogP) is 5.89. The first-order valence-electron chi connectivity index (χ1n) is 15.0. The molecule has 1 amide bonds. The van der Waals surface area contributed by atoms with Gasteiger partial charge in [0.25, 0.3) is 0 Å². The third-order valence-electron chi connectivity index (χ3n) is 8.49. The average Bonchev–Trinajstić information content (AvgIpc) is 3.68. The third-order valence-corrected chi connectivity index (χ3v) is 9.68. The van der Waals surface area contributed by atoms with E-state index in [1.54, 1.807) is 24.7 Å². The normalized spacial score (nSPS) is 14.9. The highest BCUT2D eigenvalue weighted by Crippen LogP contribution is 2.34. The molecule has 234 valence electrons. The average molecular weight is 639 g/mol. The van der Waals surface area contributed by atoms with E-state index in [-0.39, 0.29) is 17.4 Å². The molecule has 0 spiro atoms. The van der Waals surface area contributed by atoms with E-state index in [4.69, 9.17) is 10.7 Å². The van der Waals surface area contributed by atoms with Crippen molar-refractivity contribution in [1.29, 1.82) is 0 Å². The molecular formula is C33H31FN8O3S. The number of anilines is 1. The first-order valence-corrected chi connectivity index (χ1v) is 16.9. The number of carbonyl (C=O) groups is 1. The van der Waals surface area contributed by atoms with Crippen LogP contribution in [0.1, 0.15) is 43.0 Å². The first kappa shape index (κ1) is 29.7. The molecule has 1 fully saturated rings. The van der Waals surface area contributed by atoms with E-state index in [1.807, 2.05) is 24.3 Å². The van der Waals surface area contributed by atoms with Crippen LogP contribution in [-0.2, 0) is 14.6 Å². The van der Waals surface area contributed by atoms with Crippen molar-refractivity contribution in [2.24, 2.45) is 11.7 Å². The van der Waals surface area contributed by atoms with Gasteiger partial charge in [-0.2, -0.15) is 5.10 Å². The molecule has 1 saturated carbocycles. The van der Waals surface area contributed by atoms with Crippen molar-refractivity contribution in [3.05, 3.63) is 78.5 Å². The number of halogens is 1. The number of fused-ring (bicyclic) bond motifs is 2. The molecular weight excluding hydrogens is 607 g/mol. The molecule has 0 bridgehead atoms. The minimum Gasteiger partial charge on any atom is -0.336 e. The molecule has 4 heterocycles. The maximum atomic E-state index is 14.7. The summed E-state index contributed by atoms with van der Waals surface area (Å²) in [6, 6.07) is 13.4. The van der Waals surface area contributed by atoms with Crippen LogP contribution in [0.15, 0.2) is 67.1 Å². The molecule has 1 aliphatic rings. The van der Waals surface area contributed by atoms with E-state index in [0.717, 1.165) is 60.0 Å². The predicted molar refractivity (Wildman–Crippen MR) is 175 cm³/mol. The van der Waals surface area contributed by atoms with Gasteiger partial charge in [-0.25, -0.2) is 17.8 Å². The Kier molecular flexibility index (Phi) is 7.57. The van der Waals surface area contributed by atoms with E-state index in [2.05, 4.69) is 30.5 Å². The molecule has 6 aromatic rings. The van der Waals surface area contributed by atoms with Crippen LogP contribution in [0, 0.1) is 11.7 Å². The maximum absolute atomic E-state index is 14.7. The number of hydrogen-bond acceptors (Lipinski definition) is 8. The molecule has 1 unspecified atom stereocenters.